The van der Waals surface area contributed by atoms with E-state index in [2.05, 4.69) is 9.05 Å². The van der Waals surface area contributed by atoms with Crippen molar-refractivity contribution in [3.63, 3.8) is 0 Å². The first-order valence-corrected chi connectivity index (χ1v) is 14.3. The Bertz CT molecular complexity index is 1500. The minimum absolute atomic E-state index is 0.0737. The summed E-state index contributed by atoms with van der Waals surface area (Å²) in [7, 11) is -12.5. The lowest BCUT2D eigenvalue weighted by Gasteiger charge is -2.22. The highest BCUT2D eigenvalue weighted by atomic mass is 32.2. The first-order chi connectivity index (χ1) is 16.1. The Balaban J connectivity index is 2.05. The molecule has 0 aliphatic rings. The molecule has 1 aromatic heterocycles. The zero-order valence-corrected chi connectivity index (χ0v) is 20.8. The minimum Gasteiger partial charge on any atom is -0.399 e. The van der Waals surface area contributed by atoms with Gasteiger partial charge in [0, 0.05) is 36.6 Å². The van der Waals surface area contributed by atoms with E-state index in [0.29, 0.717) is 21.0 Å². The van der Waals surface area contributed by atoms with Gasteiger partial charge in [0.2, 0.25) is 10.0 Å². The van der Waals surface area contributed by atoms with Crippen LogP contribution in [-0.4, -0.2) is 63.2 Å². The van der Waals surface area contributed by atoms with Gasteiger partial charge in [0.25, 0.3) is 0 Å². The highest BCUT2D eigenvalue weighted by molar-refractivity contribution is 7.89. The second-order valence-corrected chi connectivity index (χ2v) is 11.8. The molecule has 3 aromatic rings. The number of phosphoric acid groups is 2. The molecule has 2 aromatic carbocycles. The van der Waals surface area contributed by atoms with Gasteiger partial charge in [0.15, 0.2) is 5.43 Å². The van der Waals surface area contributed by atoms with Crippen molar-refractivity contribution < 1.29 is 46.2 Å². The van der Waals surface area contributed by atoms with Crippen LogP contribution in [0.1, 0.15) is 0 Å². The molecule has 0 aliphatic heterocycles. The van der Waals surface area contributed by atoms with Gasteiger partial charge in [-0.2, -0.15) is 4.31 Å². The number of aryl methyl sites for hydroxylation is 1. The van der Waals surface area contributed by atoms with Gasteiger partial charge in [-0.15, -0.1) is 0 Å². The monoisotopic (exact) mass is 551 g/mol. The van der Waals surface area contributed by atoms with E-state index < -0.39 is 57.4 Å². The van der Waals surface area contributed by atoms with Gasteiger partial charge in [-0.1, -0.05) is 0 Å². The molecule has 3 rings (SSSR count). The maximum Gasteiger partial charge on any atom is 0.469 e. The van der Waals surface area contributed by atoms with Crippen LogP contribution in [-0.2, 0) is 35.2 Å². The molecule has 0 saturated carbocycles. The summed E-state index contributed by atoms with van der Waals surface area (Å²) >= 11 is 0. The molecule has 1 heterocycles. The van der Waals surface area contributed by atoms with E-state index in [-0.39, 0.29) is 15.7 Å². The first kappa shape index (κ1) is 27.4. The van der Waals surface area contributed by atoms with E-state index in [1.54, 1.807) is 23.7 Å². The molecule has 17 heteroatoms. The SMILES string of the molecule is Cn1c2ccc(N)cc2c(=O)c2cc(S(=O)(=O)N(CCOP(=O)(O)O)CCOP(=O)(O)O)ccc21. The molecular weight excluding hydrogens is 528 g/mol. The average molecular weight is 551 g/mol. The molecule has 0 radical (unpaired) electrons. The van der Waals surface area contributed by atoms with Gasteiger partial charge in [-0.25, -0.2) is 17.5 Å². The van der Waals surface area contributed by atoms with Crippen molar-refractivity contribution in [2.45, 2.75) is 4.90 Å². The van der Waals surface area contributed by atoms with Gasteiger partial charge in [-0.05, 0) is 36.4 Å². The van der Waals surface area contributed by atoms with Crippen molar-refractivity contribution in [1.29, 1.82) is 0 Å². The highest BCUT2D eigenvalue weighted by Crippen LogP contribution is 2.36. The van der Waals surface area contributed by atoms with E-state index in [4.69, 9.17) is 25.3 Å². The Morgan fingerprint density at radius 1 is 0.914 bits per heavy atom. The van der Waals surface area contributed by atoms with Crippen LogP contribution >= 0.6 is 15.6 Å². The molecule has 0 amide bonds. The summed E-state index contributed by atoms with van der Waals surface area (Å²) in [6.07, 6.45) is 0. The number of nitrogens with two attached hydrogens (primary N) is 1. The number of nitrogen functional groups attached to an aromatic ring is 1. The molecule has 192 valence electrons. The van der Waals surface area contributed by atoms with Gasteiger partial charge < -0.3 is 29.9 Å². The number of pyridine rings is 1. The lowest BCUT2D eigenvalue weighted by atomic mass is 10.1. The number of nitrogens with zero attached hydrogens (tertiary/aromatic N) is 2. The first-order valence-electron chi connectivity index (χ1n) is 9.82. The van der Waals surface area contributed by atoms with Gasteiger partial charge in [0.05, 0.1) is 29.1 Å². The van der Waals surface area contributed by atoms with Gasteiger partial charge >= 0.3 is 15.6 Å². The summed E-state index contributed by atoms with van der Waals surface area (Å²) in [5.41, 5.74) is 6.70. The molecule has 35 heavy (non-hydrogen) atoms. The Labute approximate surface area is 199 Å². The maximum absolute atomic E-state index is 13.3. The summed E-state index contributed by atoms with van der Waals surface area (Å²) in [6, 6.07) is 8.58. The number of sulfonamides is 1. The second-order valence-electron chi connectivity index (χ2n) is 7.40. The number of aromatic nitrogens is 1. The molecule has 0 bridgehead atoms. The number of phosphoric ester groups is 2. The molecular formula is C18H23N3O11P2S. The van der Waals surface area contributed by atoms with Gasteiger partial charge in [-0.3, -0.25) is 13.8 Å². The fourth-order valence-corrected chi connectivity index (χ4v) is 5.55. The third kappa shape index (κ3) is 6.54. The number of fused-ring (bicyclic) bond motifs is 2. The Kier molecular flexibility index (Phi) is 7.89. The van der Waals surface area contributed by atoms with Crippen molar-refractivity contribution in [2.75, 3.05) is 32.0 Å². The van der Waals surface area contributed by atoms with E-state index in [0.717, 1.165) is 6.07 Å². The summed E-state index contributed by atoms with van der Waals surface area (Å²) in [6.45, 7) is -2.61. The predicted molar refractivity (Wildman–Crippen MR) is 126 cm³/mol. The van der Waals surface area contributed by atoms with Crippen LogP contribution in [0.4, 0.5) is 5.69 Å². The van der Waals surface area contributed by atoms with Crippen LogP contribution in [0.2, 0.25) is 0 Å². The minimum atomic E-state index is -4.90. The van der Waals surface area contributed by atoms with Crippen LogP contribution < -0.4 is 11.2 Å². The highest BCUT2D eigenvalue weighted by Gasteiger charge is 2.27. The fraction of sp³-hybridized carbons (Fsp3) is 0.278. The molecule has 0 aliphatic carbocycles. The van der Waals surface area contributed by atoms with E-state index in [1.165, 1.54) is 18.2 Å². The second kappa shape index (κ2) is 10.1. The zero-order valence-electron chi connectivity index (χ0n) is 18.2. The number of hydrogen-bond donors (Lipinski definition) is 5. The predicted octanol–water partition coefficient (Wildman–Crippen LogP) is 0.483. The summed E-state index contributed by atoms with van der Waals surface area (Å²) < 4.78 is 59.5. The third-order valence-electron chi connectivity index (χ3n) is 5.04. The average Bonchev–Trinajstić information content (AvgIpc) is 2.74. The molecule has 0 fully saturated rings. The Morgan fingerprint density at radius 2 is 1.40 bits per heavy atom. The number of hydrogen-bond acceptors (Lipinski definition) is 8. The Hall–Kier alpha value is -2.16. The maximum atomic E-state index is 13.3. The van der Waals surface area contributed by atoms with Crippen molar-refractivity contribution in [2.24, 2.45) is 7.05 Å². The van der Waals surface area contributed by atoms with E-state index in [1.807, 2.05) is 0 Å². The van der Waals surface area contributed by atoms with Crippen LogP contribution in [0.3, 0.4) is 0 Å². The van der Waals surface area contributed by atoms with Crippen LogP contribution in [0.15, 0.2) is 46.1 Å². The normalized spacial score (nSPS) is 13.2. The molecule has 0 unspecified atom stereocenters. The van der Waals surface area contributed by atoms with Crippen LogP contribution in [0.5, 0.6) is 0 Å². The molecule has 0 saturated heterocycles. The van der Waals surface area contributed by atoms with Crippen molar-refractivity contribution in [1.82, 2.24) is 8.87 Å². The van der Waals surface area contributed by atoms with Gasteiger partial charge in [0.1, 0.15) is 0 Å². The fourth-order valence-electron chi connectivity index (χ4n) is 3.48. The summed E-state index contributed by atoms with van der Waals surface area (Å²) in [4.78, 5) is 48.2. The van der Waals surface area contributed by atoms with E-state index >= 15 is 0 Å². The number of benzene rings is 2. The summed E-state index contributed by atoms with van der Waals surface area (Å²) in [5, 5.41) is 0.348. The zero-order chi connectivity index (χ0) is 26.2. The largest absolute Gasteiger partial charge is 0.469 e. The molecule has 0 atom stereocenters. The molecule has 6 N–H and O–H groups in total. The Morgan fingerprint density at radius 3 is 1.91 bits per heavy atom. The smallest absolute Gasteiger partial charge is 0.399 e. The van der Waals surface area contributed by atoms with Crippen LogP contribution in [0.25, 0.3) is 21.8 Å². The van der Waals surface area contributed by atoms with Crippen molar-refractivity contribution in [3.05, 3.63) is 46.6 Å². The lowest BCUT2D eigenvalue weighted by molar-refractivity contribution is 0.166. The van der Waals surface area contributed by atoms with Crippen molar-refractivity contribution in [3.8, 4) is 0 Å². The lowest BCUT2D eigenvalue weighted by Crippen LogP contribution is -2.36. The van der Waals surface area contributed by atoms with E-state index in [9.17, 15) is 22.3 Å². The quantitative estimate of drug-likeness (QED) is 0.132. The molecule has 0 spiro atoms. The summed E-state index contributed by atoms with van der Waals surface area (Å²) in [5.74, 6) is 0. The van der Waals surface area contributed by atoms with Crippen LogP contribution in [0, 0.1) is 0 Å². The van der Waals surface area contributed by atoms with Crippen molar-refractivity contribution >= 4 is 53.2 Å². The molecule has 14 nitrogen and oxygen atoms in total. The third-order valence-corrected chi connectivity index (χ3v) is 7.97. The topological polar surface area (TPSA) is 219 Å². The number of anilines is 1. The standard InChI is InChI=1S/C18H23N3O11P2S/c1-20-16-4-2-12(19)10-14(16)18(22)15-11-13(3-5-17(15)20)35(29,30)21(6-8-31-33(23,24)25)7-9-32-34(26,27)28/h2-5,10-11H,6-9,19H2,1H3,(H2,23,24,25)(H2,26,27,28). The number of rotatable bonds is 10.